The molecule has 6 nitrogen and oxygen atoms in total. The molecule has 0 radical (unpaired) electrons. The number of anilines is 1. The van der Waals surface area contributed by atoms with Gasteiger partial charge in [0.15, 0.2) is 0 Å². The Morgan fingerprint density at radius 2 is 1.68 bits per heavy atom. The number of nitrogens with zero attached hydrogens (tertiary/aromatic N) is 3. The Balaban J connectivity index is 2.19. The van der Waals surface area contributed by atoms with Crippen LogP contribution < -0.4 is 15.2 Å². The summed E-state index contributed by atoms with van der Waals surface area (Å²) < 4.78 is 12.0. The molecule has 2 N–H and O–H groups in total. The molecule has 0 unspecified atom stereocenters. The number of aromatic nitrogens is 3. The summed E-state index contributed by atoms with van der Waals surface area (Å²) in [6.45, 7) is 3.75. The fourth-order valence-corrected chi connectivity index (χ4v) is 1.63. The first-order chi connectivity index (χ1) is 9.02. The van der Waals surface area contributed by atoms with Gasteiger partial charge >= 0.3 is 12.0 Å². The molecule has 7 heteroatoms. The number of hydrogen-bond donors (Lipinski definition) is 1. The molecule has 0 saturated heterocycles. The van der Waals surface area contributed by atoms with Crippen LogP contribution in [0.1, 0.15) is 13.8 Å². The highest BCUT2D eigenvalue weighted by Gasteiger charge is 2.09. The third kappa shape index (κ3) is 4.19. The quantitative estimate of drug-likeness (QED) is 0.831. The van der Waals surface area contributed by atoms with E-state index in [4.69, 9.17) is 15.2 Å². The van der Waals surface area contributed by atoms with E-state index >= 15 is 0 Å². The van der Waals surface area contributed by atoms with Crippen LogP contribution in [0.5, 0.6) is 17.8 Å². The number of nitrogen functional groups attached to an aromatic ring is 1. The van der Waals surface area contributed by atoms with Gasteiger partial charge in [0.05, 0.1) is 6.10 Å². The van der Waals surface area contributed by atoms with Crippen LogP contribution in [0.2, 0.25) is 0 Å². The van der Waals surface area contributed by atoms with Gasteiger partial charge in [0.1, 0.15) is 5.75 Å². The minimum Gasteiger partial charge on any atom is -0.461 e. The largest absolute Gasteiger partial charge is 0.461 e. The summed E-state index contributed by atoms with van der Waals surface area (Å²) in [4.78, 5) is 11.8. The smallest absolute Gasteiger partial charge is 0.330 e. The summed E-state index contributed by atoms with van der Waals surface area (Å²) in [6.07, 6.45) is -0.0482. The molecule has 2 aromatic rings. The lowest BCUT2D eigenvalue weighted by atomic mass is 10.3. The molecule has 0 aliphatic carbocycles. The van der Waals surface area contributed by atoms with Crippen molar-refractivity contribution in [2.75, 3.05) is 5.73 Å². The summed E-state index contributed by atoms with van der Waals surface area (Å²) in [5.41, 5.74) is 5.59. The minimum atomic E-state index is -0.0482. The maximum atomic E-state index is 5.59. The van der Waals surface area contributed by atoms with E-state index in [-0.39, 0.29) is 24.1 Å². The molecule has 1 aromatic carbocycles. The molecule has 1 heterocycles. The van der Waals surface area contributed by atoms with Crippen LogP contribution in [0.3, 0.4) is 0 Å². The lowest BCUT2D eigenvalue weighted by Crippen LogP contribution is -2.10. The van der Waals surface area contributed by atoms with E-state index < -0.39 is 0 Å². The third-order valence-electron chi connectivity index (χ3n) is 1.98. The normalized spacial score (nSPS) is 10.5. The number of rotatable bonds is 4. The van der Waals surface area contributed by atoms with Gasteiger partial charge in [0.2, 0.25) is 5.95 Å². The molecular weight excluding hydrogens is 359 g/mol. The SMILES string of the molecule is CC(C)Oc1nc(N)nc(Oc2ccc(I)cc2)n1. The highest BCUT2D eigenvalue weighted by atomic mass is 127. The Labute approximate surface area is 124 Å². The summed E-state index contributed by atoms with van der Waals surface area (Å²) in [5.74, 6) is 0.688. The maximum absolute atomic E-state index is 5.59. The minimum absolute atomic E-state index is 0.0482. The zero-order chi connectivity index (χ0) is 13.8. The van der Waals surface area contributed by atoms with Crippen molar-refractivity contribution in [3.63, 3.8) is 0 Å². The second kappa shape index (κ2) is 6.00. The van der Waals surface area contributed by atoms with Gasteiger partial charge in [-0.15, -0.1) is 4.98 Å². The first-order valence-electron chi connectivity index (χ1n) is 5.64. The van der Waals surface area contributed by atoms with E-state index in [2.05, 4.69) is 37.5 Å². The molecule has 0 atom stereocenters. The lowest BCUT2D eigenvalue weighted by molar-refractivity contribution is 0.219. The zero-order valence-corrected chi connectivity index (χ0v) is 12.7. The fraction of sp³-hybridized carbons (Fsp3) is 0.250. The predicted octanol–water partition coefficient (Wildman–Crippen LogP) is 2.64. The molecule has 100 valence electrons. The van der Waals surface area contributed by atoms with E-state index in [0.717, 1.165) is 3.57 Å². The standard InChI is InChI=1S/C12H13IN4O2/c1-7(2)18-11-15-10(14)16-12(17-11)19-9-5-3-8(13)4-6-9/h3-7H,1-2H3,(H2,14,15,16,17). The van der Waals surface area contributed by atoms with Gasteiger partial charge in [0.25, 0.3) is 0 Å². The first kappa shape index (κ1) is 13.8. The van der Waals surface area contributed by atoms with Gasteiger partial charge in [0, 0.05) is 3.57 Å². The molecule has 0 aliphatic heterocycles. The average molecular weight is 372 g/mol. The van der Waals surface area contributed by atoms with Gasteiger partial charge in [-0.3, -0.25) is 0 Å². The molecule has 0 aliphatic rings. The van der Waals surface area contributed by atoms with Crippen LogP contribution in [-0.2, 0) is 0 Å². The zero-order valence-electron chi connectivity index (χ0n) is 10.5. The summed E-state index contributed by atoms with van der Waals surface area (Å²) >= 11 is 2.21. The third-order valence-corrected chi connectivity index (χ3v) is 2.69. The van der Waals surface area contributed by atoms with Gasteiger partial charge in [-0.05, 0) is 60.7 Å². The summed E-state index contributed by atoms with van der Waals surface area (Å²) in [6, 6.07) is 7.76. The Morgan fingerprint density at radius 1 is 1.05 bits per heavy atom. The number of benzene rings is 1. The number of nitrogens with two attached hydrogens (primary N) is 1. The highest BCUT2D eigenvalue weighted by Crippen LogP contribution is 2.21. The molecule has 0 spiro atoms. The van der Waals surface area contributed by atoms with Gasteiger partial charge in [-0.2, -0.15) is 9.97 Å². The van der Waals surface area contributed by atoms with Crippen LogP contribution >= 0.6 is 22.6 Å². The van der Waals surface area contributed by atoms with Gasteiger partial charge in [-0.25, -0.2) is 0 Å². The number of halogens is 1. The molecule has 1 aromatic heterocycles. The van der Waals surface area contributed by atoms with Crippen molar-refractivity contribution in [3.05, 3.63) is 27.8 Å². The average Bonchev–Trinajstić information content (AvgIpc) is 2.30. The van der Waals surface area contributed by atoms with Crippen LogP contribution in [0.15, 0.2) is 24.3 Å². The number of ether oxygens (including phenoxy) is 2. The fourth-order valence-electron chi connectivity index (χ4n) is 1.27. The maximum Gasteiger partial charge on any atom is 0.330 e. The lowest BCUT2D eigenvalue weighted by Gasteiger charge is -2.09. The van der Waals surface area contributed by atoms with Crippen LogP contribution in [-0.4, -0.2) is 21.1 Å². The molecule has 2 rings (SSSR count). The van der Waals surface area contributed by atoms with Crippen LogP contribution in [0.25, 0.3) is 0 Å². The molecule has 19 heavy (non-hydrogen) atoms. The Bertz CT molecular complexity index is 560. The van der Waals surface area contributed by atoms with Crippen molar-refractivity contribution in [2.24, 2.45) is 0 Å². The molecule has 0 saturated carbocycles. The molecule has 0 fully saturated rings. The van der Waals surface area contributed by atoms with E-state index in [1.807, 2.05) is 38.1 Å². The van der Waals surface area contributed by atoms with E-state index in [1.165, 1.54) is 0 Å². The summed E-state index contributed by atoms with van der Waals surface area (Å²) in [5, 5.41) is 0. The van der Waals surface area contributed by atoms with Crippen molar-refractivity contribution < 1.29 is 9.47 Å². The Hall–Kier alpha value is -1.64. The van der Waals surface area contributed by atoms with E-state index in [9.17, 15) is 0 Å². The Kier molecular flexibility index (Phi) is 4.35. The first-order valence-corrected chi connectivity index (χ1v) is 6.72. The topological polar surface area (TPSA) is 83.2 Å². The van der Waals surface area contributed by atoms with Crippen molar-refractivity contribution in [1.82, 2.24) is 15.0 Å². The van der Waals surface area contributed by atoms with Gasteiger partial charge in [-0.1, -0.05) is 0 Å². The monoisotopic (exact) mass is 372 g/mol. The predicted molar refractivity (Wildman–Crippen MR) is 79.2 cm³/mol. The second-order valence-electron chi connectivity index (χ2n) is 3.98. The summed E-state index contributed by atoms with van der Waals surface area (Å²) in [7, 11) is 0. The van der Waals surface area contributed by atoms with E-state index in [1.54, 1.807) is 0 Å². The van der Waals surface area contributed by atoms with Crippen molar-refractivity contribution >= 4 is 28.5 Å². The van der Waals surface area contributed by atoms with Crippen LogP contribution in [0, 0.1) is 3.57 Å². The number of hydrogen-bond acceptors (Lipinski definition) is 6. The van der Waals surface area contributed by atoms with Crippen LogP contribution in [0.4, 0.5) is 5.95 Å². The Morgan fingerprint density at radius 3 is 2.32 bits per heavy atom. The second-order valence-corrected chi connectivity index (χ2v) is 5.23. The molecular formula is C12H13IN4O2. The van der Waals surface area contributed by atoms with Crippen molar-refractivity contribution in [3.8, 4) is 17.8 Å². The van der Waals surface area contributed by atoms with Crippen molar-refractivity contribution in [2.45, 2.75) is 20.0 Å². The highest BCUT2D eigenvalue weighted by molar-refractivity contribution is 14.1. The van der Waals surface area contributed by atoms with E-state index in [0.29, 0.717) is 5.75 Å². The van der Waals surface area contributed by atoms with Gasteiger partial charge < -0.3 is 15.2 Å². The molecule has 0 amide bonds. The molecule has 0 bridgehead atoms. The van der Waals surface area contributed by atoms with Crippen molar-refractivity contribution in [1.29, 1.82) is 0 Å².